The van der Waals surface area contributed by atoms with E-state index in [4.69, 9.17) is 0 Å². The van der Waals surface area contributed by atoms with Crippen LogP contribution in [-0.4, -0.2) is 48.0 Å². The van der Waals surface area contributed by atoms with Gasteiger partial charge in [-0.05, 0) is 27.7 Å². The van der Waals surface area contributed by atoms with Crippen molar-refractivity contribution in [3.8, 4) is 0 Å². The molecule has 2 rings (SSSR count). The average molecular weight is 296 g/mol. The summed E-state index contributed by atoms with van der Waals surface area (Å²) in [5.41, 5.74) is 1.02. The Bertz CT molecular complexity index is 468. The first-order chi connectivity index (χ1) is 9.49. The number of hydrogen-bond donors (Lipinski definition) is 2. The number of amides is 1. The number of nitrogens with one attached hydrogen (secondary N) is 2. The lowest BCUT2D eigenvalue weighted by Crippen LogP contribution is -2.52. The molecule has 1 saturated heterocycles. The van der Waals surface area contributed by atoms with Crippen molar-refractivity contribution in [2.24, 2.45) is 0 Å². The molecule has 6 heteroatoms. The van der Waals surface area contributed by atoms with E-state index in [1.54, 1.807) is 11.3 Å². The van der Waals surface area contributed by atoms with Crippen LogP contribution in [0.5, 0.6) is 0 Å². The molecule has 0 spiro atoms. The lowest BCUT2D eigenvalue weighted by molar-refractivity contribution is -0.126. The molecule has 1 amide bonds. The highest BCUT2D eigenvalue weighted by Crippen LogP contribution is 2.24. The molecule has 1 fully saturated rings. The number of aryl methyl sites for hydroxylation is 2. The third-order valence-electron chi connectivity index (χ3n) is 3.77. The molecule has 5 nitrogen and oxygen atoms in total. The molecule has 1 aliphatic heterocycles. The summed E-state index contributed by atoms with van der Waals surface area (Å²) in [7, 11) is 0. The molecule has 1 aliphatic rings. The zero-order valence-corrected chi connectivity index (χ0v) is 13.5. The van der Waals surface area contributed by atoms with Gasteiger partial charge in [0, 0.05) is 31.1 Å². The Labute approximate surface area is 124 Å². The molecule has 2 heterocycles. The second kappa shape index (κ2) is 6.65. The van der Waals surface area contributed by atoms with Crippen molar-refractivity contribution in [2.75, 3.05) is 26.2 Å². The molecule has 2 unspecified atom stereocenters. The van der Waals surface area contributed by atoms with E-state index in [1.807, 2.05) is 27.7 Å². The summed E-state index contributed by atoms with van der Waals surface area (Å²) in [4.78, 5) is 20.2. The molecule has 20 heavy (non-hydrogen) atoms. The third-order valence-corrected chi connectivity index (χ3v) is 5.03. The number of rotatable bonds is 4. The third kappa shape index (κ3) is 3.56. The van der Waals surface area contributed by atoms with Crippen LogP contribution < -0.4 is 10.6 Å². The number of carbonyl (C=O) groups excluding carboxylic acids is 1. The van der Waals surface area contributed by atoms with Gasteiger partial charge in [0.2, 0.25) is 5.91 Å². The quantitative estimate of drug-likeness (QED) is 0.877. The molecule has 2 atom stereocenters. The molecular formula is C14H24N4OS. The largest absolute Gasteiger partial charge is 0.347 e. The van der Waals surface area contributed by atoms with E-state index in [0.717, 1.165) is 41.8 Å². The van der Waals surface area contributed by atoms with Gasteiger partial charge >= 0.3 is 0 Å². The molecule has 0 aliphatic carbocycles. The number of aromatic nitrogens is 1. The summed E-state index contributed by atoms with van der Waals surface area (Å²) in [6.45, 7) is 11.8. The van der Waals surface area contributed by atoms with E-state index >= 15 is 0 Å². The predicted molar refractivity (Wildman–Crippen MR) is 82.1 cm³/mol. The summed E-state index contributed by atoms with van der Waals surface area (Å²) in [6.07, 6.45) is 0. The topological polar surface area (TPSA) is 57.3 Å². The van der Waals surface area contributed by atoms with Gasteiger partial charge in [-0.1, -0.05) is 0 Å². The van der Waals surface area contributed by atoms with Gasteiger partial charge in [-0.2, -0.15) is 0 Å². The number of carbonyl (C=O) groups is 1. The first-order valence-corrected chi connectivity index (χ1v) is 7.99. The van der Waals surface area contributed by atoms with Gasteiger partial charge in [0.25, 0.3) is 0 Å². The lowest BCUT2D eigenvalue weighted by Gasteiger charge is -2.32. The van der Waals surface area contributed by atoms with Crippen LogP contribution in [0.3, 0.4) is 0 Å². The molecule has 0 radical (unpaired) electrons. The lowest BCUT2D eigenvalue weighted by atomic mass is 10.2. The van der Waals surface area contributed by atoms with Crippen molar-refractivity contribution in [3.63, 3.8) is 0 Å². The molecule has 1 aromatic rings. The van der Waals surface area contributed by atoms with Crippen molar-refractivity contribution < 1.29 is 4.79 Å². The summed E-state index contributed by atoms with van der Waals surface area (Å²) in [5, 5.41) is 7.47. The van der Waals surface area contributed by atoms with Gasteiger partial charge in [-0.25, -0.2) is 4.98 Å². The maximum Gasteiger partial charge on any atom is 0.237 e. The van der Waals surface area contributed by atoms with Crippen molar-refractivity contribution in [2.45, 2.75) is 39.8 Å². The van der Waals surface area contributed by atoms with Gasteiger partial charge < -0.3 is 10.6 Å². The number of hydrogen-bond acceptors (Lipinski definition) is 5. The first kappa shape index (κ1) is 15.4. The molecule has 2 N–H and O–H groups in total. The normalized spacial score (nSPS) is 19.6. The maximum atomic E-state index is 12.4. The molecule has 0 saturated carbocycles. The molecule has 1 aromatic heterocycles. The Morgan fingerprint density at radius 2 is 2.00 bits per heavy atom. The van der Waals surface area contributed by atoms with Crippen LogP contribution in [0.4, 0.5) is 0 Å². The van der Waals surface area contributed by atoms with E-state index in [2.05, 4.69) is 20.5 Å². The van der Waals surface area contributed by atoms with Crippen LogP contribution in [-0.2, 0) is 4.79 Å². The SMILES string of the molecule is Cc1nc(C)c(C(C)NC(=O)C(C)N2CCNCC2)s1. The average Bonchev–Trinajstić information content (AvgIpc) is 2.78. The van der Waals surface area contributed by atoms with E-state index in [9.17, 15) is 4.79 Å². The van der Waals surface area contributed by atoms with E-state index in [-0.39, 0.29) is 18.0 Å². The predicted octanol–water partition coefficient (Wildman–Crippen LogP) is 1.23. The van der Waals surface area contributed by atoms with Gasteiger partial charge in [-0.3, -0.25) is 9.69 Å². The monoisotopic (exact) mass is 296 g/mol. The Balaban J connectivity index is 1.94. The van der Waals surface area contributed by atoms with Crippen molar-refractivity contribution in [1.82, 2.24) is 20.5 Å². The fourth-order valence-corrected chi connectivity index (χ4v) is 3.51. The Morgan fingerprint density at radius 3 is 2.55 bits per heavy atom. The highest BCUT2D eigenvalue weighted by molar-refractivity contribution is 7.11. The molecule has 0 aromatic carbocycles. The van der Waals surface area contributed by atoms with Crippen LogP contribution >= 0.6 is 11.3 Å². The minimum atomic E-state index is -0.0751. The second-order valence-electron chi connectivity index (χ2n) is 5.37. The zero-order valence-electron chi connectivity index (χ0n) is 12.7. The van der Waals surface area contributed by atoms with Gasteiger partial charge in [0.05, 0.1) is 22.8 Å². The summed E-state index contributed by atoms with van der Waals surface area (Å²) in [6, 6.07) is -0.0482. The fraction of sp³-hybridized carbons (Fsp3) is 0.714. The summed E-state index contributed by atoms with van der Waals surface area (Å²) in [5.74, 6) is 0.102. The minimum absolute atomic E-state index is 0.0269. The van der Waals surface area contributed by atoms with E-state index < -0.39 is 0 Å². The maximum absolute atomic E-state index is 12.4. The molecular weight excluding hydrogens is 272 g/mol. The van der Waals surface area contributed by atoms with Crippen LogP contribution in [0.1, 0.15) is 35.5 Å². The molecule has 0 bridgehead atoms. The fourth-order valence-electron chi connectivity index (χ4n) is 2.58. The standard InChI is InChI=1S/C14H24N4OS/c1-9-13(20-12(4)16-9)10(2)17-14(19)11(3)18-7-5-15-6-8-18/h10-11,15H,5-8H2,1-4H3,(H,17,19). The van der Waals surface area contributed by atoms with Crippen LogP contribution in [0, 0.1) is 13.8 Å². The number of piperazine rings is 1. The number of thiazole rings is 1. The highest BCUT2D eigenvalue weighted by atomic mass is 32.1. The zero-order chi connectivity index (χ0) is 14.7. The van der Waals surface area contributed by atoms with E-state index in [0.29, 0.717) is 0 Å². The van der Waals surface area contributed by atoms with Crippen molar-refractivity contribution in [3.05, 3.63) is 15.6 Å². The van der Waals surface area contributed by atoms with Gasteiger partial charge in [0.1, 0.15) is 0 Å². The first-order valence-electron chi connectivity index (χ1n) is 7.18. The Kier molecular flexibility index (Phi) is 5.12. The number of nitrogens with zero attached hydrogens (tertiary/aromatic N) is 2. The highest BCUT2D eigenvalue weighted by Gasteiger charge is 2.24. The van der Waals surface area contributed by atoms with E-state index in [1.165, 1.54) is 0 Å². The van der Waals surface area contributed by atoms with Crippen LogP contribution in [0.2, 0.25) is 0 Å². The Morgan fingerprint density at radius 1 is 1.35 bits per heavy atom. The minimum Gasteiger partial charge on any atom is -0.347 e. The second-order valence-corrected chi connectivity index (χ2v) is 6.61. The van der Waals surface area contributed by atoms with Gasteiger partial charge in [0.15, 0.2) is 0 Å². The smallest absolute Gasteiger partial charge is 0.237 e. The van der Waals surface area contributed by atoms with Crippen molar-refractivity contribution in [1.29, 1.82) is 0 Å². The van der Waals surface area contributed by atoms with Crippen molar-refractivity contribution >= 4 is 17.2 Å². The molecule has 112 valence electrons. The van der Waals surface area contributed by atoms with Crippen LogP contribution in [0.15, 0.2) is 0 Å². The van der Waals surface area contributed by atoms with Crippen LogP contribution in [0.25, 0.3) is 0 Å². The summed E-state index contributed by atoms with van der Waals surface area (Å²) < 4.78 is 0. The van der Waals surface area contributed by atoms with Gasteiger partial charge in [-0.15, -0.1) is 11.3 Å². The Hall–Kier alpha value is -0.980. The summed E-state index contributed by atoms with van der Waals surface area (Å²) >= 11 is 1.66.